The Bertz CT molecular complexity index is 626. The van der Waals surface area contributed by atoms with Gasteiger partial charge in [0, 0.05) is 31.0 Å². The molecule has 0 bridgehead atoms. The molecule has 0 unspecified atom stereocenters. The molecular formula is C15H17BrN2O2. The number of morpholine rings is 1. The summed E-state index contributed by atoms with van der Waals surface area (Å²) in [6.07, 6.45) is 0.0983. The lowest BCUT2D eigenvalue weighted by atomic mass is 10.2. The van der Waals surface area contributed by atoms with Gasteiger partial charge in [-0.05, 0) is 28.9 Å². The molecule has 0 aliphatic carbocycles. The number of hydrogen-bond acceptors (Lipinski definition) is 2. The van der Waals surface area contributed by atoms with E-state index in [4.69, 9.17) is 4.74 Å². The molecule has 1 aliphatic rings. The van der Waals surface area contributed by atoms with Crippen LogP contribution >= 0.6 is 15.9 Å². The fourth-order valence-corrected chi connectivity index (χ4v) is 3.51. The number of para-hydroxylation sites is 1. The largest absolute Gasteiger partial charge is 0.375 e. The van der Waals surface area contributed by atoms with E-state index in [1.807, 2.05) is 47.7 Å². The fraction of sp³-hybridized carbons (Fsp3) is 0.400. The zero-order valence-corrected chi connectivity index (χ0v) is 13.2. The minimum Gasteiger partial charge on any atom is -0.375 e. The third-order valence-corrected chi connectivity index (χ3v) is 4.58. The van der Waals surface area contributed by atoms with Gasteiger partial charge in [0.1, 0.15) is 5.69 Å². The fourth-order valence-electron chi connectivity index (χ4n) is 2.74. The van der Waals surface area contributed by atoms with Crippen LogP contribution in [0, 0.1) is 0 Å². The van der Waals surface area contributed by atoms with Gasteiger partial charge in [-0.15, -0.1) is 0 Å². The van der Waals surface area contributed by atoms with E-state index in [2.05, 4.69) is 15.9 Å². The minimum atomic E-state index is 0.0609. The minimum absolute atomic E-state index is 0.0609. The van der Waals surface area contributed by atoms with Crippen LogP contribution in [-0.4, -0.2) is 41.2 Å². The highest BCUT2D eigenvalue weighted by atomic mass is 79.9. The number of carbonyl (C=O) groups is 1. The molecule has 1 amide bonds. The van der Waals surface area contributed by atoms with Crippen molar-refractivity contribution >= 4 is 32.7 Å². The quantitative estimate of drug-likeness (QED) is 0.802. The number of amides is 1. The Morgan fingerprint density at radius 3 is 2.85 bits per heavy atom. The number of benzene rings is 1. The molecule has 1 aromatic heterocycles. The van der Waals surface area contributed by atoms with E-state index < -0.39 is 0 Å². The third-order valence-electron chi connectivity index (χ3n) is 3.78. The first kappa shape index (κ1) is 13.6. The zero-order valence-electron chi connectivity index (χ0n) is 11.6. The maximum absolute atomic E-state index is 12.8. The number of hydrogen-bond donors (Lipinski definition) is 0. The summed E-state index contributed by atoms with van der Waals surface area (Å²) in [5, 5.41) is 1.07. The second kappa shape index (κ2) is 5.22. The molecule has 2 heterocycles. The van der Waals surface area contributed by atoms with Gasteiger partial charge in [-0.1, -0.05) is 18.2 Å². The van der Waals surface area contributed by atoms with Crippen LogP contribution in [0.4, 0.5) is 0 Å². The van der Waals surface area contributed by atoms with Crippen LogP contribution in [-0.2, 0) is 11.8 Å². The van der Waals surface area contributed by atoms with Crippen LogP contribution in [0.5, 0.6) is 0 Å². The molecule has 0 saturated carbocycles. The molecule has 106 valence electrons. The van der Waals surface area contributed by atoms with Crippen LogP contribution in [0.3, 0.4) is 0 Å². The summed E-state index contributed by atoms with van der Waals surface area (Å²) < 4.78 is 8.34. The van der Waals surface area contributed by atoms with Crippen molar-refractivity contribution in [2.75, 3.05) is 19.7 Å². The van der Waals surface area contributed by atoms with Gasteiger partial charge in [0.15, 0.2) is 0 Å². The van der Waals surface area contributed by atoms with Crippen molar-refractivity contribution in [3.63, 3.8) is 0 Å². The van der Waals surface area contributed by atoms with Gasteiger partial charge < -0.3 is 14.2 Å². The highest BCUT2D eigenvalue weighted by Crippen LogP contribution is 2.31. The molecule has 2 aromatic rings. The molecule has 5 heteroatoms. The van der Waals surface area contributed by atoms with Gasteiger partial charge in [-0.2, -0.15) is 0 Å². The summed E-state index contributed by atoms with van der Waals surface area (Å²) in [7, 11) is 1.93. The van der Waals surface area contributed by atoms with Gasteiger partial charge in [0.25, 0.3) is 5.91 Å². The number of aryl methyl sites for hydroxylation is 1. The van der Waals surface area contributed by atoms with Crippen LogP contribution in [0.2, 0.25) is 0 Å². The molecule has 4 nitrogen and oxygen atoms in total. The van der Waals surface area contributed by atoms with Crippen molar-refractivity contribution in [2.45, 2.75) is 13.0 Å². The lowest BCUT2D eigenvalue weighted by Crippen LogP contribution is -2.45. The number of rotatable bonds is 1. The number of aromatic nitrogens is 1. The predicted octanol–water partition coefficient (Wildman–Crippen LogP) is 2.80. The van der Waals surface area contributed by atoms with E-state index in [1.54, 1.807) is 0 Å². The topological polar surface area (TPSA) is 34.5 Å². The number of carbonyl (C=O) groups excluding carboxylic acids is 1. The number of nitrogens with zero attached hydrogens (tertiary/aromatic N) is 2. The summed E-state index contributed by atoms with van der Waals surface area (Å²) in [6, 6.07) is 8.02. The van der Waals surface area contributed by atoms with Crippen molar-refractivity contribution < 1.29 is 9.53 Å². The van der Waals surface area contributed by atoms with E-state index in [0.717, 1.165) is 15.4 Å². The second-order valence-electron chi connectivity index (χ2n) is 5.17. The number of ether oxygens (including phenoxy) is 1. The SMILES string of the molecule is C[C@H]1CN(C(=O)c2c(Br)c3ccccc3n2C)CCO1. The standard InChI is InChI=1S/C15H17BrN2O2/c1-10-9-18(7-8-20-10)15(19)14-13(16)11-5-3-4-6-12(11)17(14)2/h3-6,10H,7-9H2,1-2H3/t10-/m0/s1. The summed E-state index contributed by atoms with van der Waals surface area (Å²) in [4.78, 5) is 14.6. The van der Waals surface area contributed by atoms with Crippen molar-refractivity contribution in [2.24, 2.45) is 7.05 Å². The third kappa shape index (κ3) is 2.15. The van der Waals surface area contributed by atoms with Crippen LogP contribution in [0.25, 0.3) is 10.9 Å². The van der Waals surface area contributed by atoms with E-state index in [0.29, 0.717) is 25.4 Å². The summed E-state index contributed by atoms with van der Waals surface area (Å²) >= 11 is 3.59. The molecule has 3 rings (SSSR count). The maximum atomic E-state index is 12.8. The van der Waals surface area contributed by atoms with Crippen molar-refractivity contribution in [3.8, 4) is 0 Å². The molecule has 1 atom stereocenters. The van der Waals surface area contributed by atoms with Gasteiger partial charge in [-0.3, -0.25) is 4.79 Å². The molecule has 1 fully saturated rings. The van der Waals surface area contributed by atoms with E-state index in [9.17, 15) is 4.79 Å². The molecule has 0 radical (unpaired) electrons. The molecular weight excluding hydrogens is 320 g/mol. The lowest BCUT2D eigenvalue weighted by molar-refractivity contribution is -0.0127. The molecule has 1 aromatic carbocycles. The van der Waals surface area contributed by atoms with E-state index in [-0.39, 0.29) is 12.0 Å². The second-order valence-corrected chi connectivity index (χ2v) is 5.96. The van der Waals surface area contributed by atoms with E-state index >= 15 is 0 Å². The Kier molecular flexibility index (Phi) is 3.56. The number of fused-ring (bicyclic) bond motifs is 1. The highest BCUT2D eigenvalue weighted by molar-refractivity contribution is 9.10. The molecule has 1 aliphatic heterocycles. The Hall–Kier alpha value is -1.33. The van der Waals surface area contributed by atoms with Gasteiger partial charge in [-0.25, -0.2) is 0 Å². The highest BCUT2D eigenvalue weighted by Gasteiger charge is 2.27. The first-order valence-corrected chi connectivity index (χ1v) is 7.52. The van der Waals surface area contributed by atoms with Crippen molar-refractivity contribution in [3.05, 3.63) is 34.4 Å². The summed E-state index contributed by atoms with van der Waals surface area (Å²) in [6.45, 7) is 3.90. The average Bonchev–Trinajstić information content (AvgIpc) is 2.71. The lowest BCUT2D eigenvalue weighted by Gasteiger charge is -2.31. The Labute approximate surface area is 126 Å². The summed E-state index contributed by atoms with van der Waals surface area (Å²) in [5.74, 6) is 0.0609. The first-order chi connectivity index (χ1) is 9.59. The Morgan fingerprint density at radius 2 is 2.15 bits per heavy atom. The smallest absolute Gasteiger partial charge is 0.271 e. The molecule has 20 heavy (non-hydrogen) atoms. The molecule has 1 saturated heterocycles. The first-order valence-electron chi connectivity index (χ1n) is 6.73. The Morgan fingerprint density at radius 1 is 1.40 bits per heavy atom. The maximum Gasteiger partial charge on any atom is 0.271 e. The van der Waals surface area contributed by atoms with Crippen LogP contribution in [0.15, 0.2) is 28.7 Å². The monoisotopic (exact) mass is 336 g/mol. The van der Waals surface area contributed by atoms with Crippen molar-refractivity contribution in [1.29, 1.82) is 0 Å². The van der Waals surface area contributed by atoms with Gasteiger partial charge >= 0.3 is 0 Å². The zero-order chi connectivity index (χ0) is 14.3. The Balaban J connectivity index is 2.03. The van der Waals surface area contributed by atoms with Gasteiger partial charge in [0.2, 0.25) is 0 Å². The van der Waals surface area contributed by atoms with Crippen molar-refractivity contribution in [1.82, 2.24) is 9.47 Å². The van der Waals surface area contributed by atoms with Gasteiger partial charge in [0.05, 0.1) is 17.2 Å². The summed E-state index contributed by atoms with van der Waals surface area (Å²) in [5.41, 5.74) is 1.77. The predicted molar refractivity (Wildman–Crippen MR) is 81.9 cm³/mol. The molecule has 0 N–H and O–H groups in total. The van der Waals surface area contributed by atoms with Crippen LogP contribution in [0.1, 0.15) is 17.4 Å². The van der Waals surface area contributed by atoms with Crippen LogP contribution < -0.4 is 0 Å². The van der Waals surface area contributed by atoms with E-state index in [1.165, 1.54) is 0 Å². The molecule has 0 spiro atoms. The normalized spacial score (nSPS) is 19.6. The number of halogens is 1. The average molecular weight is 337 g/mol.